The highest BCUT2D eigenvalue weighted by Crippen LogP contribution is 2.18. The summed E-state index contributed by atoms with van der Waals surface area (Å²) in [5, 5.41) is 0. The van der Waals surface area contributed by atoms with Gasteiger partial charge in [-0.1, -0.05) is 13.8 Å². The van der Waals surface area contributed by atoms with Gasteiger partial charge in [0.25, 0.3) is 0 Å². The molecule has 1 aliphatic heterocycles. The summed E-state index contributed by atoms with van der Waals surface area (Å²) in [5.41, 5.74) is 5.67. The van der Waals surface area contributed by atoms with Crippen molar-refractivity contribution >= 4 is 5.91 Å². The molecular weight excluding hydrogens is 204 g/mol. The summed E-state index contributed by atoms with van der Waals surface area (Å²) in [6, 6.07) is 0.328. The van der Waals surface area contributed by atoms with Crippen LogP contribution in [0.25, 0.3) is 0 Å². The Labute approximate surface area is 98.1 Å². The Kier molecular flexibility index (Phi) is 5.22. The lowest BCUT2D eigenvalue weighted by Gasteiger charge is -2.34. The lowest BCUT2D eigenvalue weighted by atomic mass is 9.93. The lowest BCUT2D eigenvalue weighted by molar-refractivity contribution is -0.139. The fourth-order valence-corrected chi connectivity index (χ4v) is 2.17. The number of hydrogen-bond acceptors (Lipinski definition) is 3. The number of nitrogens with two attached hydrogens (primary N) is 1. The normalized spacial score (nSPS) is 19.8. The smallest absolute Gasteiger partial charge is 0.227 e. The zero-order chi connectivity index (χ0) is 12.1. The van der Waals surface area contributed by atoms with E-state index in [4.69, 9.17) is 10.5 Å². The van der Waals surface area contributed by atoms with Gasteiger partial charge < -0.3 is 15.4 Å². The van der Waals surface area contributed by atoms with Crippen molar-refractivity contribution < 1.29 is 9.53 Å². The molecule has 1 heterocycles. The molecule has 0 aromatic rings. The number of rotatable bonds is 4. The maximum atomic E-state index is 12.2. The maximum Gasteiger partial charge on any atom is 0.227 e. The van der Waals surface area contributed by atoms with Gasteiger partial charge in [-0.2, -0.15) is 0 Å². The first-order chi connectivity index (χ1) is 7.57. The summed E-state index contributed by atoms with van der Waals surface area (Å²) in [4.78, 5) is 14.1. The average Bonchev–Trinajstić information content (AvgIpc) is 2.29. The predicted octanol–water partition coefficient (Wildman–Crippen LogP) is 0.855. The number of nitrogens with zero attached hydrogens (tertiary/aromatic N) is 1. The summed E-state index contributed by atoms with van der Waals surface area (Å²) >= 11 is 0. The standard InChI is InChI=1S/C12H24N2O2/c1-9(2)11(8-13)12(15)14(3)10-4-6-16-7-5-10/h9-11H,4-8,13H2,1-3H3. The number of carbonyl (C=O) groups is 1. The minimum Gasteiger partial charge on any atom is -0.381 e. The van der Waals surface area contributed by atoms with Gasteiger partial charge in [-0.25, -0.2) is 0 Å². The van der Waals surface area contributed by atoms with E-state index in [1.165, 1.54) is 0 Å². The molecule has 0 aromatic carbocycles. The first-order valence-corrected chi connectivity index (χ1v) is 6.12. The van der Waals surface area contributed by atoms with Crippen molar-refractivity contribution in [2.24, 2.45) is 17.6 Å². The summed E-state index contributed by atoms with van der Waals surface area (Å²) in [7, 11) is 1.89. The summed E-state index contributed by atoms with van der Waals surface area (Å²) < 4.78 is 5.30. The second-order valence-corrected chi connectivity index (χ2v) is 4.88. The van der Waals surface area contributed by atoms with Crippen LogP contribution in [0.4, 0.5) is 0 Å². The molecule has 1 amide bonds. The van der Waals surface area contributed by atoms with Crippen LogP contribution in [0, 0.1) is 11.8 Å². The first-order valence-electron chi connectivity index (χ1n) is 6.12. The summed E-state index contributed by atoms with van der Waals surface area (Å²) in [5.74, 6) is 0.442. The fourth-order valence-electron chi connectivity index (χ4n) is 2.17. The fraction of sp³-hybridized carbons (Fsp3) is 0.917. The number of ether oxygens (including phenoxy) is 1. The molecular formula is C12H24N2O2. The Morgan fingerprint density at radius 1 is 1.44 bits per heavy atom. The molecule has 4 nitrogen and oxygen atoms in total. The third kappa shape index (κ3) is 3.19. The van der Waals surface area contributed by atoms with Crippen LogP contribution in [-0.2, 0) is 9.53 Å². The molecule has 0 bridgehead atoms. The highest BCUT2D eigenvalue weighted by Gasteiger charge is 2.28. The predicted molar refractivity (Wildman–Crippen MR) is 64.0 cm³/mol. The molecule has 0 radical (unpaired) electrons. The van der Waals surface area contributed by atoms with Crippen LogP contribution in [-0.4, -0.2) is 43.7 Å². The van der Waals surface area contributed by atoms with Gasteiger partial charge in [0.2, 0.25) is 5.91 Å². The molecule has 4 heteroatoms. The van der Waals surface area contributed by atoms with E-state index in [0.717, 1.165) is 26.1 Å². The quantitative estimate of drug-likeness (QED) is 0.776. The highest BCUT2D eigenvalue weighted by molar-refractivity contribution is 5.79. The van der Waals surface area contributed by atoms with Crippen LogP contribution in [0.15, 0.2) is 0 Å². The highest BCUT2D eigenvalue weighted by atomic mass is 16.5. The van der Waals surface area contributed by atoms with E-state index >= 15 is 0 Å². The van der Waals surface area contributed by atoms with E-state index in [1.807, 2.05) is 25.8 Å². The minimum atomic E-state index is -0.0483. The zero-order valence-electron chi connectivity index (χ0n) is 10.6. The topological polar surface area (TPSA) is 55.6 Å². The molecule has 1 fully saturated rings. The molecule has 1 saturated heterocycles. The molecule has 94 valence electrons. The summed E-state index contributed by atoms with van der Waals surface area (Å²) in [6.07, 6.45) is 1.88. The van der Waals surface area contributed by atoms with Gasteiger partial charge in [0, 0.05) is 32.8 Å². The van der Waals surface area contributed by atoms with Crippen LogP contribution in [0.1, 0.15) is 26.7 Å². The molecule has 0 spiro atoms. The van der Waals surface area contributed by atoms with E-state index in [-0.39, 0.29) is 11.8 Å². The SMILES string of the molecule is CC(C)C(CN)C(=O)N(C)C1CCOCC1. The van der Waals surface area contributed by atoms with Gasteiger partial charge in [0.05, 0.1) is 5.92 Å². The van der Waals surface area contributed by atoms with Crippen molar-refractivity contribution in [3.05, 3.63) is 0 Å². The first kappa shape index (κ1) is 13.5. The van der Waals surface area contributed by atoms with E-state index in [9.17, 15) is 4.79 Å². The van der Waals surface area contributed by atoms with Crippen LogP contribution >= 0.6 is 0 Å². The Bertz CT molecular complexity index is 225. The monoisotopic (exact) mass is 228 g/mol. The molecule has 1 atom stereocenters. The summed E-state index contributed by atoms with van der Waals surface area (Å²) in [6.45, 7) is 6.05. The Morgan fingerprint density at radius 3 is 2.44 bits per heavy atom. The number of carbonyl (C=O) groups excluding carboxylic acids is 1. The van der Waals surface area contributed by atoms with Crippen molar-refractivity contribution in [2.75, 3.05) is 26.8 Å². The lowest BCUT2D eigenvalue weighted by Crippen LogP contribution is -2.46. The molecule has 1 aliphatic rings. The van der Waals surface area contributed by atoms with Crippen LogP contribution in [0.2, 0.25) is 0 Å². The van der Waals surface area contributed by atoms with E-state index in [2.05, 4.69) is 0 Å². The molecule has 0 aliphatic carbocycles. The second kappa shape index (κ2) is 6.21. The van der Waals surface area contributed by atoms with Gasteiger partial charge in [-0.15, -0.1) is 0 Å². The maximum absolute atomic E-state index is 12.2. The van der Waals surface area contributed by atoms with E-state index in [1.54, 1.807) is 0 Å². The molecule has 16 heavy (non-hydrogen) atoms. The van der Waals surface area contributed by atoms with Crippen LogP contribution in [0.5, 0.6) is 0 Å². The second-order valence-electron chi connectivity index (χ2n) is 4.88. The third-order valence-corrected chi connectivity index (χ3v) is 3.46. The van der Waals surface area contributed by atoms with Crippen molar-refractivity contribution in [1.29, 1.82) is 0 Å². The van der Waals surface area contributed by atoms with Crippen LogP contribution < -0.4 is 5.73 Å². The van der Waals surface area contributed by atoms with Crippen molar-refractivity contribution in [1.82, 2.24) is 4.90 Å². The Morgan fingerprint density at radius 2 is 2.00 bits per heavy atom. The van der Waals surface area contributed by atoms with Crippen molar-refractivity contribution in [2.45, 2.75) is 32.7 Å². The largest absolute Gasteiger partial charge is 0.381 e. The van der Waals surface area contributed by atoms with E-state index < -0.39 is 0 Å². The average molecular weight is 228 g/mol. The van der Waals surface area contributed by atoms with Gasteiger partial charge >= 0.3 is 0 Å². The van der Waals surface area contributed by atoms with E-state index in [0.29, 0.717) is 18.5 Å². The molecule has 0 aromatic heterocycles. The van der Waals surface area contributed by atoms with Crippen LogP contribution in [0.3, 0.4) is 0 Å². The van der Waals surface area contributed by atoms with Crippen molar-refractivity contribution in [3.8, 4) is 0 Å². The zero-order valence-corrected chi connectivity index (χ0v) is 10.6. The molecule has 2 N–H and O–H groups in total. The van der Waals surface area contributed by atoms with Gasteiger partial charge in [0.1, 0.15) is 0 Å². The number of amides is 1. The van der Waals surface area contributed by atoms with Gasteiger partial charge in [-0.3, -0.25) is 4.79 Å². The molecule has 0 saturated carbocycles. The third-order valence-electron chi connectivity index (χ3n) is 3.46. The molecule has 1 unspecified atom stereocenters. The number of hydrogen-bond donors (Lipinski definition) is 1. The molecule has 1 rings (SSSR count). The van der Waals surface area contributed by atoms with Crippen molar-refractivity contribution in [3.63, 3.8) is 0 Å². The van der Waals surface area contributed by atoms with Gasteiger partial charge in [0.15, 0.2) is 0 Å². The Hall–Kier alpha value is -0.610. The minimum absolute atomic E-state index is 0.0483. The van der Waals surface area contributed by atoms with Gasteiger partial charge in [-0.05, 0) is 18.8 Å². The Balaban J connectivity index is 2.57.